The first-order chi connectivity index (χ1) is 18.8. The van der Waals surface area contributed by atoms with Gasteiger partial charge >= 0.3 is 6.18 Å². The number of phenolic OH excluding ortho intramolecular Hbond substituents is 1. The fourth-order valence-electron chi connectivity index (χ4n) is 4.14. The van der Waals surface area contributed by atoms with Crippen LogP contribution in [0.15, 0.2) is 58.5 Å². The molecule has 2 aliphatic rings. The van der Waals surface area contributed by atoms with Crippen LogP contribution in [-0.4, -0.2) is 27.9 Å². The summed E-state index contributed by atoms with van der Waals surface area (Å²) in [5.74, 6) is -3.11. The van der Waals surface area contributed by atoms with Crippen LogP contribution in [0.1, 0.15) is 27.8 Å². The highest BCUT2D eigenvalue weighted by atomic mass is 32.2. The standard InChI is InChI=1S/C27H18F4N4O4S/c1-12-3-5-16(7-13(12)2)35-19-11-15(27(29,30)31)10-17(28)22(19)23(25(35)38)34-33-18-6-4-14(8-20(18)36)9-21-24(37)32-26(39)40-21/h3-11,33,36H,1-2H3,(H,32,37,39)/b21-9-,34-23-. The molecule has 0 aromatic heterocycles. The second-order valence-corrected chi connectivity index (χ2v) is 9.97. The van der Waals surface area contributed by atoms with Crippen LogP contribution < -0.4 is 15.6 Å². The SMILES string of the molecule is Cc1ccc(N2C(=O)/C(=N\Nc3ccc(/C=C4\SC(=O)NC4=O)cc3O)c3c(F)cc(C(F)(F)F)cc32)cc1C. The van der Waals surface area contributed by atoms with Gasteiger partial charge in [0.2, 0.25) is 0 Å². The van der Waals surface area contributed by atoms with E-state index in [1.54, 1.807) is 19.1 Å². The van der Waals surface area contributed by atoms with Crippen molar-refractivity contribution in [1.29, 1.82) is 0 Å². The summed E-state index contributed by atoms with van der Waals surface area (Å²) < 4.78 is 55.7. The lowest BCUT2D eigenvalue weighted by Gasteiger charge is -2.19. The molecular weight excluding hydrogens is 552 g/mol. The molecule has 0 saturated carbocycles. The van der Waals surface area contributed by atoms with Gasteiger partial charge in [-0.2, -0.15) is 18.3 Å². The van der Waals surface area contributed by atoms with Gasteiger partial charge in [-0.25, -0.2) is 4.39 Å². The zero-order valence-electron chi connectivity index (χ0n) is 20.7. The van der Waals surface area contributed by atoms with E-state index in [2.05, 4.69) is 15.8 Å². The number of anilines is 3. The van der Waals surface area contributed by atoms with E-state index in [9.17, 15) is 32.7 Å². The number of fused-ring (bicyclic) bond motifs is 1. The van der Waals surface area contributed by atoms with Crippen LogP contribution in [-0.2, 0) is 15.8 Å². The summed E-state index contributed by atoms with van der Waals surface area (Å²) in [7, 11) is 0. The minimum Gasteiger partial charge on any atom is -0.506 e. The summed E-state index contributed by atoms with van der Waals surface area (Å²) in [4.78, 5) is 37.6. The first kappa shape index (κ1) is 26.9. The highest BCUT2D eigenvalue weighted by Gasteiger charge is 2.41. The predicted molar refractivity (Wildman–Crippen MR) is 142 cm³/mol. The number of hydrogen-bond donors (Lipinski definition) is 3. The van der Waals surface area contributed by atoms with Crippen molar-refractivity contribution >= 4 is 57.7 Å². The van der Waals surface area contributed by atoms with Gasteiger partial charge in [-0.15, -0.1) is 0 Å². The molecule has 13 heteroatoms. The third-order valence-corrected chi connectivity index (χ3v) is 7.09. The minimum absolute atomic E-state index is 0.0134. The Morgan fingerprint density at radius 2 is 1.77 bits per heavy atom. The van der Waals surface area contributed by atoms with E-state index in [-0.39, 0.29) is 27.7 Å². The average Bonchev–Trinajstić information content (AvgIpc) is 3.34. The molecule has 2 aliphatic heterocycles. The van der Waals surface area contributed by atoms with Crippen molar-refractivity contribution in [3.63, 3.8) is 0 Å². The van der Waals surface area contributed by atoms with Crippen molar-refractivity contribution in [1.82, 2.24) is 5.32 Å². The topological polar surface area (TPSA) is 111 Å². The third-order valence-electron chi connectivity index (χ3n) is 6.28. The van der Waals surface area contributed by atoms with Crippen LogP contribution in [0.2, 0.25) is 0 Å². The largest absolute Gasteiger partial charge is 0.506 e. The number of alkyl halides is 3. The number of hydrazone groups is 1. The van der Waals surface area contributed by atoms with Gasteiger partial charge in [0, 0.05) is 5.69 Å². The average molecular weight is 571 g/mol. The molecule has 1 saturated heterocycles. The lowest BCUT2D eigenvalue weighted by atomic mass is 10.1. The molecule has 8 nitrogen and oxygen atoms in total. The molecule has 3 N–H and O–H groups in total. The highest BCUT2D eigenvalue weighted by molar-refractivity contribution is 8.18. The van der Waals surface area contributed by atoms with Gasteiger partial charge in [-0.1, -0.05) is 12.1 Å². The fraction of sp³-hybridized carbons (Fsp3) is 0.111. The van der Waals surface area contributed by atoms with E-state index in [0.29, 0.717) is 29.5 Å². The van der Waals surface area contributed by atoms with E-state index in [1.807, 2.05) is 6.92 Å². The van der Waals surface area contributed by atoms with E-state index >= 15 is 4.39 Å². The predicted octanol–water partition coefficient (Wildman–Crippen LogP) is 5.99. The summed E-state index contributed by atoms with van der Waals surface area (Å²) in [6.07, 6.45) is -3.48. The van der Waals surface area contributed by atoms with Crippen molar-refractivity contribution in [3.05, 3.63) is 87.1 Å². The molecule has 0 aliphatic carbocycles. The third kappa shape index (κ3) is 4.91. The van der Waals surface area contributed by atoms with Gasteiger partial charge in [0.1, 0.15) is 11.6 Å². The second-order valence-electron chi connectivity index (χ2n) is 8.96. The first-order valence-corrected chi connectivity index (χ1v) is 12.4. The number of aromatic hydroxyl groups is 1. The number of nitrogens with zero attached hydrogens (tertiary/aromatic N) is 2. The first-order valence-electron chi connectivity index (χ1n) is 11.6. The Hall–Kier alpha value is -4.65. The Morgan fingerprint density at radius 3 is 2.40 bits per heavy atom. The van der Waals surface area contributed by atoms with Gasteiger partial charge in [-0.05, 0) is 84.8 Å². The van der Waals surface area contributed by atoms with Crippen LogP contribution in [0, 0.1) is 19.7 Å². The molecule has 0 atom stereocenters. The number of benzene rings is 3. The molecule has 1 fully saturated rings. The fourth-order valence-corrected chi connectivity index (χ4v) is 4.82. The number of phenols is 1. The van der Waals surface area contributed by atoms with E-state index < -0.39 is 45.9 Å². The molecule has 5 rings (SSSR count). The van der Waals surface area contributed by atoms with Gasteiger partial charge in [0.05, 0.1) is 27.4 Å². The van der Waals surface area contributed by atoms with Gasteiger partial charge in [0.25, 0.3) is 17.1 Å². The van der Waals surface area contributed by atoms with E-state index in [0.717, 1.165) is 16.0 Å². The lowest BCUT2D eigenvalue weighted by Crippen LogP contribution is -2.26. The van der Waals surface area contributed by atoms with Crippen LogP contribution >= 0.6 is 11.8 Å². The number of halogens is 4. The Balaban J connectivity index is 1.53. The molecule has 0 bridgehead atoms. The molecule has 0 spiro atoms. The number of aryl methyl sites for hydroxylation is 2. The minimum atomic E-state index is -4.86. The quantitative estimate of drug-likeness (QED) is 0.154. The number of nitrogens with one attached hydrogen (secondary N) is 2. The summed E-state index contributed by atoms with van der Waals surface area (Å²) in [5, 5.41) is 16.0. The number of carbonyl (C=O) groups is 3. The Kier molecular flexibility index (Phi) is 6.62. The number of hydrogen-bond acceptors (Lipinski definition) is 7. The smallest absolute Gasteiger partial charge is 0.416 e. The Bertz CT molecular complexity index is 1680. The van der Waals surface area contributed by atoms with Crippen molar-refractivity contribution < 1.29 is 37.1 Å². The number of imide groups is 1. The maximum atomic E-state index is 15.1. The summed E-state index contributed by atoms with van der Waals surface area (Å²) in [6, 6.07) is 9.91. The normalized spacial score (nSPS) is 17.1. The molecule has 3 aromatic carbocycles. The van der Waals surface area contributed by atoms with Gasteiger partial charge in [-0.3, -0.25) is 30.0 Å². The molecular formula is C27H18F4N4O4S. The number of amides is 3. The van der Waals surface area contributed by atoms with Crippen molar-refractivity contribution in [2.45, 2.75) is 20.0 Å². The van der Waals surface area contributed by atoms with Crippen molar-refractivity contribution in [2.24, 2.45) is 5.10 Å². The summed E-state index contributed by atoms with van der Waals surface area (Å²) in [5.41, 5.74) is 2.18. The second kappa shape index (κ2) is 9.83. The van der Waals surface area contributed by atoms with E-state index in [1.165, 1.54) is 30.3 Å². The maximum Gasteiger partial charge on any atom is 0.416 e. The van der Waals surface area contributed by atoms with Crippen LogP contribution in [0.25, 0.3) is 6.08 Å². The Morgan fingerprint density at radius 1 is 1.02 bits per heavy atom. The zero-order chi connectivity index (χ0) is 28.9. The van der Waals surface area contributed by atoms with Crippen LogP contribution in [0.5, 0.6) is 5.75 Å². The van der Waals surface area contributed by atoms with E-state index in [4.69, 9.17) is 0 Å². The molecule has 0 unspecified atom stereocenters. The van der Waals surface area contributed by atoms with Crippen molar-refractivity contribution in [3.8, 4) is 5.75 Å². The number of thioether (sulfide) groups is 1. The molecule has 40 heavy (non-hydrogen) atoms. The Labute approximate surface area is 228 Å². The molecule has 3 aromatic rings. The van der Waals surface area contributed by atoms with Crippen LogP contribution in [0.3, 0.4) is 0 Å². The number of carbonyl (C=O) groups excluding carboxylic acids is 3. The van der Waals surface area contributed by atoms with Crippen molar-refractivity contribution in [2.75, 3.05) is 10.3 Å². The maximum absolute atomic E-state index is 15.1. The summed E-state index contributed by atoms with van der Waals surface area (Å²) >= 11 is 0.697. The molecule has 0 radical (unpaired) electrons. The van der Waals surface area contributed by atoms with Gasteiger partial charge < -0.3 is 5.11 Å². The molecule has 3 amide bonds. The monoisotopic (exact) mass is 570 g/mol. The number of rotatable bonds is 4. The zero-order valence-corrected chi connectivity index (χ0v) is 21.5. The molecule has 204 valence electrons. The lowest BCUT2D eigenvalue weighted by molar-refractivity contribution is -0.137. The van der Waals surface area contributed by atoms with Gasteiger partial charge in [0.15, 0.2) is 5.71 Å². The van der Waals surface area contributed by atoms with Crippen LogP contribution in [0.4, 0.5) is 39.4 Å². The highest BCUT2D eigenvalue weighted by Crippen LogP contribution is 2.42. The summed E-state index contributed by atoms with van der Waals surface area (Å²) in [6.45, 7) is 3.59. The molecule has 2 heterocycles.